The predicted molar refractivity (Wildman–Crippen MR) is 63.8 cm³/mol. The van der Waals surface area contributed by atoms with Gasteiger partial charge >= 0.3 is 0 Å². The molecule has 3 rings (SSSR count). The van der Waals surface area contributed by atoms with E-state index in [1.165, 1.54) is 6.33 Å². The summed E-state index contributed by atoms with van der Waals surface area (Å²) in [6, 6.07) is 0.364. The van der Waals surface area contributed by atoms with Gasteiger partial charge in [-0.05, 0) is 25.2 Å². The SMILES string of the molecule is OC[C@H]1CC[C@@H](n2cnc3c(Cl)ncnc32)C1. The average molecular weight is 253 g/mol. The summed E-state index contributed by atoms with van der Waals surface area (Å²) in [7, 11) is 0. The fraction of sp³-hybridized carbons (Fsp3) is 0.545. The highest BCUT2D eigenvalue weighted by atomic mass is 35.5. The summed E-state index contributed by atoms with van der Waals surface area (Å²) in [6.07, 6.45) is 6.32. The number of hydrogen-bond donors (Lipinski definition) is 1. The minimum absolute atomic E-state index is 0.263. The van der Waals surface area contributed by atoms with Gasteiger partial charge in [0, 0.05) is 12.6 Å². The molecule has 2 aromatic rings. The zero-order valence-electron chi connectivity index (χ0n) is 9.25. The smallest absolute Gasteiger partial charge is 0.165 e. The molecule has 0 spiro atoms. The van der Waals surface area contributed by atoms with E-state index in [4.69, 9.17) is 16.7 Å². The van der Waals surface area contributed by atoms with Crippen LogP contribution in [0.15, 0.2) is 12.7 Å². The van der Waals surface area contributed by atoms with Crippen LogP contribution in [0.5, 0.6) is 0 Å². The summed E-state index contributed by atoms with van der Waals surface area (Å²) in [6.45, 7) is 0.263. The van der Waals surface area contributed by atoms with Gasteiger partial charge in [0.2, 0.25) is 0 Å². The number of nitrogens with zero attached hydrogens (tertiary/aromatic N) is 4. The number of hydrogen-bond acceptors (Lipinski definition) is 4. The number of aliphatic hydroxyl groups excluding tert-OH is 1. The highest BCUT2D eigenvalue weighted by Crippen LogP contribution is 2.35. The lowest BCUT2D eigenvalue weighted by molar-refractivity contribution is 0.226. The first-order valence-electron chi connectivity index (χ1n) is 5.73. The molecule has 0 unspecified atom stereocenters. The second-order valence-electron chi connectivity index (χ2n) is 4.50. The summed E-state index contributed by atoms with van der Waals surface area (Å²) < 4.78 is 2.05. The Labute approximate surface area is 103 Å². The van der Waals surface area contributed by atoms with Crippen LogP contribution in [0.3, 0.4) is 0 Å². The maximum atomic E-state index is 9.17. The summed E-state index contributed by atoms with van der Waals surface area (Å²) in [5.74, 6) is 0.398. The van der Waals surface area contributed by atoms with Crippen molar-refractivity contribution in [1.29, 1.82) is 0 Å². The number of aromatic nitrogens is 4. The van der Waals surface area contributed by atoms with Gasteiger partial charge in [-0.15, -0.1) is 0 Å². The van der Waals surface area contributed by atoms with Crippen molar-refractivity contribution < 1.29 is 5.11 Å². The number of imidazole rings is 1. The molecule has 90 valence electrons. The summed E-state index contributed by atoms with van der Waals surface area (Å²) in [4.78, 5) is 12.4. The van der Waals surface area contributed by atoms with E-state index in [0.717, 1.165) is 24.9 Å². The standard InChI is InChI=1S/C11H13ClN4O/c12-10-9-11(14-5-13-10)16(6-15-9)8-2-1-7(3-8)4-17/h5-8,17H,1-4H2/t7-,8+/m0/s1. The molecule has 5 nitrogen and oxygen atoms in total. The third kappa shape index (κ3) is 1.79. The van der Waals surface area contributed by atoms with Crippen molar-refractivity contribution in [3.8, 4) is 0 Å². The summed E-state index contributed by atoms with van der Waals surface area (Å²) in [5.41, 5.74) is 1.44. The van der Waals surface area contributed by atoms with Crippen LogP contribution in [-0.2, 0) is 0 Å². The van der Waals surface area contributed by atoms with Crippen LogP contribution < -0.4 is 0 Å². The van der Waals surface area contributed by atoms with Gasteiger partial charge in [-0.25, -0.2) is 15.0 Å². The van der Waals surface area contributed by atoms with Gasteiger partial charge < -0.3 is 9.67 Å². The molecule has 0 saturated heterocycles. The largest absolute Gasteiger partial charge is 0.396 e. The zero-order valence-corrected chi connectivity index (χ0v) is 10.0. The Morgan fingerprint density at radius 1 is 1.35 bits per heavy atom. The third-order valence-corrected chi connectivity index (χ3v) is 3.76. The first kappa shape index (κ1) is 10.9. The van der Waals surface area contributed by atoms with Gasteiger partial charge in [-0.1, -0.05) is 11.6 Å². The maximum Gasteiger partial charge on any atom is 0.165 e. The molecule has 1 N–H and O–H groups in total. The molecule has 17 heavy (non-hydrogen) atoms. The van der Waals surface area contributed by atoms with Crippen molar-refractivity contribution in [3.63, 3.8) is 0 Å². The molecule has 2 atom stereocenters. The predicted octanol–water partition coefficient (Wildman–Crippen LogP) is 1.81. The van der Waals surface area contributed by atoms with Crippen LogP contribution in [0.25, 0.3) is 11.2 Å². The second kappa shape index (κ2) is 4.23. The van der Waals surface area contributed by atoms with E-state index in [-0.39, 0.29) is 6.61 Å². The first-order chi connectivity index (χ1) is 8.29. The second-order valence-corrected chi connectivity index (χ2v) is 4.86. The Bertz CT molecular complexity index is 541. The van der Waals surface area contributed by atoms with E-state index in [2.05, 4.69) is 19.5 Å². The third-order valence-electron chi connectivity index (χ3n) is 3.48. The van der Waals surface area contributed by atoms with Crippen LogP contribution in [0.4, 0.5) is 0 Å². The van der Waals surface area contributed by atoms with E-state index in [1.807, 2.05) is 0 Å². The van der Waals surface area contributed by atoms with Crippen molar-refractivity contribution in [1.82, 2.24) is 19.5 Å². The number of halogens is 1. The minimum atomic E-state index is 0.263. The molecule has 0 bridgehead atoms. The zero-order chi connectivity index (χ0) is 11.8. The molecule has 0 aromatic carbocycles. The Morgan fingerprint density at radius 2 is 2.24 bits per heavy atom. The Balaban J connectivity index is 1.99. The van der Waals surface area contributed by atoms with Gasteiger partial charge in [-0.3, -0.25) is 0 Å². The van der Waals surface area contributed by atoms with Gasteiger partial charge in [0.1, 0.15) is 11.8 Å². The molecule has 0 aliphatic heterocycles. The monoisotopic (exact) mass is 252 g/mol. The molecule has 0 radical (unpaired) electrons. The quantitative estimate of drug-likeness (QED) is 0.828. The molecule has 0 amide bonds. The molecule has 6 heteroatoms. The lowest BCUT2D eigenvalue weighted by Gasteiger charge is -2.12. The lowest BCUT2D eigenvalue weighted by atomic mass is 10.1. The maximum absolute atomic E-state index is 9.17. The van der Waals surface area contributed by atoms with Crippen LogP contribution >= 0.6 is 11.6 Å². The Kier molecular flexibility index (Phi) is 2.72. The van der Waals surface area contributed by atoms with E-state index >= 15 is 0 Å². The highest BCUT2D eigenvalue weighted by Gasteiger charge is 2.26. The molecular weight excluding hydrogens is 240 g/mol. The lowest BCUT2D eigenvalue weighted by Crippen LogP contribution is -2.06. The summed E-state index contributed by atoms with van der Waals surface area (Å²) in [5, 5.41) is 9.56. The van der Waals surface area contributed by atoms with Crippen molar-refractivity contribution in [2.75, 3.05) is 6.61 Å². The van der Waals surface area contributed by atoms with Gasteiger partial charge in [0.15, 0.2) is 10.8 Å². The number of fused-ring (bicyclic) bond motifs is 1. The van der Waals surface area contributed by atoms with E-state index in [0.29, 0.717) is 22.6 Å². The Hall–Kier alpha value is -1.20. The fourth-order valence-corrected chi connectivity index (χ4v) is 2.73. The van der Waals surface area contributed by atoms with Crippen molar-refractivity contribution in [2.45, 2.75) is 25.3 Å². The molecule has 1 aliphatic carbocycles. The van der Waals surface area contributed by atoms with Crippen LogP contribution in [0, 0.1) is 5.92 Å². The molecule has 1 aliphatic rings. The van der Waals surface area contributed by atoms with E-state index in [9.17, 15) is 0 Å². The van der Waals surface area contributed by atoms with Crippen molar-refractivity contribution >= 4 is 22.8 Å². The molecule has 2 aromatic heterocycles. The van der Waals surface area contributed by atoms with Crippen LogP contribution in [-0.4, -0.2) is 31.2 Å². The first-order valence-corrected chi connectivity index (χ1v) is 6.11. The van der Waals surface area contributed by atoms with E-state index in [1.54, 1.807) is 6.33 Å². The van der Waals surface area contributed by atoms with Crippen molar-refractivity contribution in [3.05, 3.63) is 17.8 Å². The minimum Gasteiger partial charge on any atom is -0.396 e. The highest BCUT2D eigenvalue weighted by molar-refractivity contribution is 6.33. The molecule has 1 fully saturated rings. The van der Waals surface area contributed by atoms with Gasteiger partial charge in [0.25, 0.3) is 0 Å². The average Bonchev–Trinajstić information content (AvgIpc) is 2.94. The van der Waals surface area contributed by atoms with Gasteiger partial charge in [-0.2, -0.15) is 0 Å². The van der Waals surface area contributed by atoms with Gasteiger partial charge in [0.05, 0.1) is 6.33 Å². The summed E-state index contributed by atoms with van der Waals surface area (Å²) >= 11 is 5.97. The molecular formula is C11H13ClN4O. The normalized spacial score (nSPS) is 24.6. The number of rotatable bonds is 2. The molecule has 1 saturated carbocycles. The van der Waals surface area contributed by atoms with Crippen LogP contribution in [0.2, 0.25) is 5.15 Å². The number of aliphatic hydroxyl groups is 1. The topological polar surface area (TPSA) is 63.8 Å². The van der Waals surface area contributed by atoms with Crippen molar-refractivity contribution in [2.24, 2.45) is 5.92 Å². The molecule has 2 heterocycles. The van der Waals surface area contributed by atoms with Crippen LogP contribution in [0.1, 0.15) is 25.3 Å². The van der Waals surface area contributed by atoms with E-state index < -0.39 is 0 Å². The Morgan fingerprint density at radius 3 is 3.00 bits per heavy atom. The fourth-order valence-electron chi connectivity index (χ4n) is 2.56.